The maximum Gasteiger partial charge on any atom is 0.430 e. The van der Waals surface area contributed by atoms with Crippen molar-refractivity contribution in [3.05, 3.63) is 59.2 Å². The molecule has 0 aromatic heterocycles. The van der Waals surface area contributed by atoms with Gasteiger partial charge in [0.15, 0.2) is 0 Å². The minimum absolute atomic E-state index is 0.0697. The highest BCUT2D eigenvalue weighted by Gasteiger charge is 2.71. The second-order valence-electron chi connectivity index (χ2n) is 9.90. The standard InChI is InChI=1S/C26H29F6NO6S/c27-25(28,29)24(35,26(30,31)32)20-5-3-18(4-6-20)22-2-1-11-33(22)40(36,37)21-7-8-23(19(14-21)15-34)39-16-17-9-12-38-13-10-17/h3-8,14,17,22,34-35H,1-2,9-13,15-16H2. The zero-order valence-electron chi connectivity index (χ0n) is 21.2. The van der Waals surface area contributed by atoms with Crippen LogP contribution >= 0.6 is 0 Å². The molecule has 2 aliphatic rings. The molecule has 1 atom stereocenters. The summed E-state index contributed by atoms with van der Waals surface area (Å²) in [4.78, 5) is -0.137. The molecular formula is C26H29F6NO6S. The molecule has 2 fully saturated rings. The molecule has 40 heavy (non-hydrogen) atoms. The summed E-state index contributed by atoms with van der Waals surface area (Å²) in [5.74, 6) is 0.604. The van der Waals surface area contributed by atoms with Crippen molar-refractivity contribution in [1.29, 1.82) is 0 Å². The van der Waals surface area contributed by atoms with Crippen molar-refractivity contribution < 1.29 is 54.4 Å². The fourth-order valence-corrected chi connectivity index (χ4v) is 6.77. The number of alkyl halides is 6. The van der Waals surface area contributed by atoms with Crippen molar-refractivity contribution in [2.75, 3.05) is 26.4 Å². The van der Waals surface area contributed by atoms with Gasteiger partial charge in [-0.25, -0.2) is 8.42 Å². The van der Waals surface area contributed by atoms with Crippen molar-refractivity contribution >= 4 is 10.0 Å². The Balaban J connectivity index is 1.56. The van der Waals surface area contributed by atoms with Gasteiger partial charge in [-0.05, 0) is 55.4 Å². The lowest BCUT2D eigenvalue weighted by Crippen LogP contribution is -2.53. The Labute approximate surface area is 227 Å². The van der Waals surface area contributed by atoms with Crippen LogP contribution in [0.1, 0.15) is 48.4 Å². The van der Waals surface area contributed by atoms with Crippen molar-refractivity contribution in [2.45, 2.75) is 61.2 Å². The largest absolute Gasteiger partial charge is 0.493 e. The van der Waals surface area contributed by atoms with Crippen LogP contribution < -0.4 is 4.74 Å². The molecule has 2 N–H and O–H groups in total. The Morgan fingerprint density at radius 2 is 1.57 bits per heavy atom. The number of rotatable bonds is 8. The Hall–Kier alpha value is -2.39. The number of aliphatic hydroxyl groups is 2. The number of hydrogen-bond donors (Lipinski definition) is 2. The lowest BCUT2D eigenvalue weighted by molar-refractivity contribution is -0.376. The summed E-state index contributed by atoms with van der Waals surface area (Å²) >= 11 is 0. The summed E-state index contributed by atoms with van der Waals surface area (Å²) in [5.41, 5.74) is -6.07. The van der Waals surface area contributed by atoms with Crippen LogP contribution in [0.25, 0.3) is 0 Å². The van der Waals surface area contributed by atoms with Crippen LogP contribution in [0.4, 0.5) is 26.3 Å². The third-order valence-corrected chi connectivity index (χ3v) is 9.27. The van der Waals surface area contributed by atoms with Gasteiger partial charge >= 0.3 is 12.4 Å². The van der Waals surface area contributed by atoms with E-state index in [1.165, 1.54) is 18.2 Å². The summed E-state index contributed by atoms with van der Waals surface area (Å²) < 4.78 is 119. The maximum atomic E-state index is 13.5. The minimum atomic E-state index is -6.03. The Morgan fingerprint density at radius 1 is 0.950 bits per heavy atom. The quantitative estimate of drug-likeness (QED) is 0.424. The molecule has 0 bridgehead atoms. The molecular weight excluding hydrogens is 568 g/mol. The van der Waals surface area contributed by atoms with Gasteiger partial charge in [0.2, 0.25) is 10.0 Å². The second-order valence-corrected chi connectivity index (χ2v) is 11.8. The maximum absolute atomic E-state index is 13.5. The zero-order valence-corrected chi connectivity index (χ0v) is 22.0. The molecule has 0 spiro atoms. The van der Waals surface area contributed by atoms with Crippen molar-refractivity contribution in [3.8, 4) is 5.75 Å². The SMILES string of the molecule is O=S(=O)(c1ccc(OCC2CCOCC2)c(CO)c1)N1CCCC1c1ccc(C(O)(C(F)(F)F)C(F)(F)F)cc1. The van der Waals surface area contributed by atoms with Crippen LogP contribution in [-0.4, -0.2) is 61.7 Å². The van der Waals surface area contributed by atoms with Gasteiger partial charge in [-0.2, -0.15) is 30.6 Å². The van der Waals surface area contributed by atoms with E-state index in [0.717, 1.165) is 29.3 Å². The zero-order chi connectivity index (χ0) is 29.3. The van der Waals surface area contributed by atoms with E-state index in [2.05, 4.69) is 0 Å². The molecule has 2 aromatic rings. The van der Waals surface area contributed by atoms with Crippen molar-refractivity contribution in [2.24, 2.45) is 5.92 Å². The number of hydrogen-bond acceptors (Lipinski definition) is 6. The third-order valence-electron chi connectivity index (χ3n) is 7.36. The van der Waals surface area contributed by atoms with Gasteiger partial charge in [0.05, 0.1) is 24.2 Å². The normalized spacial score (nSPS) is 20.1. The first-order valence-electron chi connectivity index (χ1n) is 12.6. The van der Waals surface area contributed by atoms with E-state index in [0.29, 0.717) is 44.1 Å². The summed E-state index contributed by atoms with van der Waals surface area (Å²) in [7, 11) is -4.17. The van der Waals surface area contributed by atoms with Gasteiger partial charge in [0.25, 0.3) is 5.60 Å². The molecule has 2 aromatic carbocycles. The van der Waals surface area contributed by atoms with E-state index >= 15 is 0 Å². The average Bonchev–Trinajstić information content (AvgIpc) is 3.42. The number of sulfonamides is 1. The topological polar surface area (TPSA) is 96.3 Å². The van der Waals surface area contributed by atoms with Gasteiger partial charge in [-0.1, -0.05) is 24.3 Å². The second kappa shape index (κ2) is 11.5. The Morgan fingerprint density at radius 3 is 2.15 bits per heavy atom. The van der Waals surface area contributed by atoms with Gasteiger partial charge in [-0.3, -0.25) is 0 Å². The fraction of sp³-hybridized carbons (Fsp3) is 0.538. The van der Waals surface area contributed by atoms with E-state index in [4.69, 9.17) is 9.47 Å². The number of halogens is 6. The third kappa shape index (κ3) is 5.82. The number of benzene rings is 2. The first-order valence-corrected chi connectivity index (χ1v) is 14.1. The summed E-state index contributed by atoms with van der Waals surface area (Å²) in [6.07, 6.45) is -9.73. The van der Waals surface area contributed by atoms with Crippen molar-refractivity contribution in [3.63, 3.8) is 0 Å². The molecule has 0 radical (unpaired) electrons. The first kappa shape index (κ1) is 30.6. The van der Waals surface area contributed by atoms with E-state index in [-0.39, 0.29) is 34.9 Å². The van der Waals surface area contributed by atoms with Gasteiger partial charge in [-0.15, -0.1) is 0 Å². The van der Waals surface area contributed by atoms with Gasteiger partial charge in [0, 0.05) is 30.9 Å². The van der Waals surface area contributed by atoms with Crippen LogP contribution in [0.5, 0.6) is 5.75 Å². The summed E-state index contributed by atoms with van der Waals surface area (Å²) in [6.45, 7) is 1.22. The van der Waals surface area contributed by atoms with Crippen LogP contribution in [-0.2, 0) is 27.0 Å². The Bertz CT molecular complexity index is 1260. The lowest BCUT2D eigenvalue weighted by Gasteiger charge is -2.33. The Kier molecular flexibility index (Phi) is 8.77. The van der Waals surface area contributed by atoms with E-state index < -0.39 is 46.2 Å². The molecule has 0 saturated carbocycles. The average molecular weight is 598 g/mol. The fourth-order valence-electron chi connectivity index (χ4n) is 5.03. The predicted octanol–water partition coefficient (Wildman–Crippen LogP) is 4.82. The number of aliphatic hydroxyl groups excluding tert-OH is 1. The molecule has 2 heterocycles. The van der Waals surface area contributed by atoms with E-state index in [1.807, 2.05) is 0 Å². The first-order chi connectivity index (χ1) is 18.7. The number of ether oxygens (including phenoxy) is 2. The van der Waals surface area contributed by atoms with Gasteiger partial charge in [0.1, 0.15) is 5.75 Å². The highest BCUT2D eigenvalue weighted by Crippen LogP contribution is 2.50. The summed E-state index contributed by atoms with van der Waals surface area (Å²) in [6, 6.07) is 6.16. The lowest BCUT2D eigenvalue weighted by atomic mass is 9.90. The molecule has 0 aliphatic carbocycles. The monoisotopic (exact) mass is 597 g/mol. The molecule has 7 nitrogen and oxygen atoms in total. The molecule has 0 amide bonds. The smallest absolute Gasteiger partial charge is 0.430 e. The van der Waals surface area contributed by atoms with Gasteiger partial charge < -0.3 is 19.7 Å². The van der Waals surface area contributed by atoms with Crippen LogP contribution in [0, 0.1) is 5.92 Å². The molecule has 2 aliphatic heterocycles. The number of nitrogens with zero attached hydrogens (tertiary/aromatic N) is 1. The molecule has 2 saturated heterocycles. The molecule has 1 unspecified atom stereocenters. The molecule has 4 rings (SSSR count). The molecule has 222 valence electrons. The van der Waals surface area contributed by atoms with Crippen LogP contribution in [0.2, 0.25) is 0 Å². The molecule has 14 heteroatoms. The minimum Gasteiger partial charge on any atom is -0.493 e. The predicted molar refractivity (Wildman–Crippen MR) is 130 cm³/mol. The highest BCUT2D eigenvalue weighted by molar-refractivity contribution is 7.89. The summed E-state index contributed by atoms with van der Waals surface area (Å²) in [5, 5.41) is 19.5. The van der Waals surface area contributed by atoms with Crippen LogP contribution in [0.15, 0.2) is 47.4 Å². The van der Waals surface area contributed by atoms with E-state index in [1.54, 1.807) is 0 Å². The van der Waals surface area contributed by atoms with Crippen molar-refractivity contribution in [1.82, 2.24) is 4.31 Å². The highest BCUT2D eigenvalue weighted by atomic mass is 32.2. The van der Waals surface area contributed by atoms with E-state index in [9.17, 15) is 45.0 Å². The van der Waals surface area contributed by atoms with Crippen LogP contribution in [0.3, 0.4) is 0 Å².